The maximum atomic E-state index is 13.1. The Labute approximate surface area is 150 Å². The molecule has 2 aromatic carbocycles. The number of hydrogen-bond donors (Lipinski definition) is 0. The van der Waals surface area contributed by atoms with Gasteiger partial charge in [-0.15, -0.1) is 0 Å². The maximum absolute atomic E-state index is 13.1. The third-order valence-electron chi connectivity index (χ3n) is 5.07. The molecular formula is C21H19FN2O2. The van der Waals surface area contributed by atoms with Crippen molar-refractivity contribution in [2.75, 3.05) is 13.1 Å². The summed E-state index contributed by atoms with van der Waals surface area (Å²) >= 11 is 0. The van der Waals surface area contributed by atoms with E-state index in [9.17, 15) is 14.0 Å². The van der Waals surface area contributed by atoms with Gasteiger partial charge < -0.3 is 9.47 Å². The fraction of sp³-hybridized carbons (Fsp3) is 0.238. The predicted molar refractivity (Wildman–Crippen MR) is 98.5 cm³/mol. The number of nitrogens with zero attached hydrogens (tertiary/aromatic N) is 2. The van der Waals surface area contributed by atoms with Crippen molar-refractivity contribution in [3.63, 3.8) is 0 Å². The summed E-state index contributed by atoms with van der Waals surface area (Å²) in [6, 6.07) is 15.3. The minimum absolute atomic E-state index is 0.0309. The highest BCUT2D eigenvalue weighted by Gasteiger charge is 2.27. The summed E-state index contributed by atoms with van der Waals surface area (Å²) in [7, 11) is 0. The van der Waals surface area contributed by atoms with Gasteiger partial charge in [0.25, 0.3) is 0 Å². The van der Waals surface area contributed by atoms with E-state index >= 15 is 0 Å². The molecule has 0 N–H and O–H groups in total. The average Bonchev–Trinajstić information content (AvgIpc) is 3.15. The smallest absolute Gasteiger partial charge is 0.242 e. The van der Waals surface area contributed by atoms with E-state index in [4.69, 9.17) is 0 Å². The predicted octanol–water partition coefficient (Wildman–Crippen LogP) is 3.16. The number of amides is 1. The molecule has 1 aliphatic heterocycles. The number of hydrogen-bond acceptors (Lipinski definition) is 2. The molecule has 0 aliphatic carbocycles. The van der Waals surface area contributed by atoms with Crippen molar-refractivity contribution >= 4 is 16.8 Å². The highest BCUT2D eigenvalue weighted by atomic mass is 19.1. The van der Waals surface area contributed by atoms with Crippen LogP contribution in [0.3, 0.4) is 0 Å². The molecule has 4 rings (SSSR count). The van der Waals surface area contributed by atoms with E-state index in [2.05, 4.69) is 0 Å². The van der Waals surface area contributed by atoms with E-state index in [-0.39, 0.29) is 29.6 Å². The summed E-state index contributed by atoms with van der Waals surface area (Å²) in [6.07, 6.45) is 2.55. The van der Waals surface area contributed by atoms with E-state index in [1.165, 1.54) is 18.2 Å². The first-order valence-electron chi connectivity index (χ1n) is 8.73. The molecule has 1 saturated heterocycles. The highest BCUT2D eigenvalue weighted by molar-refractivity contribution is 5.82. The minimum atomic E-state index is -0.246. The third kappa shape index (κ3) is 3.12. The summed E-state index contributed by atoms with van der Waals surface area (Å²) in [5, 5.41) is 0.619. The number of carbonyl (C=O) groups is 1. The highest BCUT2D eigenvalue weighted by Crippen LogP contribution is 2.27. The van der Waals surface area contributed by atoms with Crippen molar-refractivity contribution in [3.8, 4) is 0 Å². The van der Waals surface area contributed by atoms with Gasteiger partial charge in [-0.1, -0.05) is 24.3 Å². The van der Waals surface area contributed by atoms with Gasteiger partial charge in [-0.3, -0.25) is 9.59 Å². The number of para-hydroxylation sites is 1. The number of carbonyl (C=O) groups excluding carboxylic acids is 1. The molecule has 1 fully saturated rings. The van der Waals surface area contributed by atoms with Crippen LogP contribution in [0.5, 0.6) is 0 Å². The quantitative estimate of drug-likeness (QED) is 0.728. The first-order valence-corrected chi connectivity index (χ1v) is 8.73. The molecule has 2 heterocycles. The summed E-state index contributed by atoms with van der Waals surface area (Å²) < 4.78 is 14.9. The molecule has 4 nitrogen and oxygen atoms in total. The number of likely N-dealkylation sites (tertiary alicyclic amines) is 1. The molecule has 1 amide bonds. The molecule has 1 atom stereocenters. The van der Waals surface area contributed by atoms with Gasteiger partial charge in [-0.05, 0) is 36.2 Å². The number of aromatic nitrogens is 1. The third-order valence-corrected chi connectivity index (χ3v) is 5.07. The number of fused-ring (bicyclic) bond motifs is 1. The van der Waals surface area contributed by atoms with Gasteiger partial charge in [0.15, 0.2) is 5.43 Å². The average molecular weight is 350 g/mol. The first-order chi connectivity index (χ1) is 12.6. The lowest BCUT2D eigenvalue weighted by atomic mass is 9.99. The second kappa shape index (κ2) is 6.75. The molecule has 1 aromatic heterocycles. The van der Waals surface area contributed by atoms with E-state index in [0.29, 0.717) is 18.5 Å². The number of halogens is 1. The fourth-order valence-corrected chi connectivity index (χ4v) is 3.64. The second-order valence-corrected chi connectivity index (χ2v) is 6.70. The van der Waals surface area contributed by atoms with Crippen molar-refractivity contribution in [2.24, 2.45) is 0 Å². The Balaban J connectivity index is 1.50. The Hall–Kier alpha value is -2.95. The van der Waals surface area contributed by atoms with Gasteiger partial charge in [0.1, 0.15) is 12.4 Å². The molecule has 0 radical (unpaired) electrons. The van der Waals surface area contributed by atoms with Crippen LogP contribution in [0, 0.1) is 5.82 Å². The van der Waals surface area contributed by atoms with Crippen LogP contribution < -0.4 is 5.43 Å². The second-order valence-electron chi connectivity index (χ2n) is 6.70. The van der Waals surface area contributed by atoms with Crippen molar-refractivity contribution < 1.29 is 9.18 Å². The Morgan fingerprint density at radius 1 is 1.08 bits per heavy atom. The summed E-state index contributed by atoms with van der Waals surface area (Å²) in [5.41, 5.74) is 1.79. The van der Waals surface area contributed by atoms with Gasteiger partial charge in [-0.25, -0.2) is 4.39 Å². The topological polar surface area (TPSA) is 42.3 Å². The molecule has 26 heavy (non-hydrogen) atoms. The van der Waals surface area contributed by atoms with Crippen LogP contribution in [0.1, 0.15) is 17.9 Å². The van der Waals surface area contributed by atoms with Crippen LogP contribution in [0.15, 0.2) is 65.6 Å². The van der Waals surface area contributed by atoms with Crippen LogP contribution in [0.2, 0.25) is 0 Å². The standard InChI is InChI=1S/C21H19FN2O2/c22-17-7-5-15(6-8-17)16-9-11-24(13-16)21(26)14-23-12-10-20(25)18-3-1-2-4-19(18)23/h1-8,10,12,16H,9,11,13-14H2/t16-/m0/s1. The molecule has 1 aliphatic rings. The number of pyridine rings is 1. The molecule has 0 unspecified atom stereocenters. The lowest BCUT2D eigenvalue weighted by molar-refractivity contribution is -0.130. The summed E-state index contributed by atoms with van der Waals surface area (Å²) in [5.74, 6) is 0.0264. The van der Waals surface area contributed by atoms with Crippen LogP contribution >= 0.6 is 0 Å². The SMILES string of the molecule is O=C(Cn1ccc(=O)c2ccccc21)N1CC[C@H](c2ccc(F)cc2)C1. The zero-order valence-corrected chi connectivity index (χ0v) is 14.3. The van der Waals surface area contributed by atoms with Crippen molar-refractivity contribution in [1.29, 1.82) is 0 Å². The number of rotatable bonds is 3. The normalized spacial score (nSPS) is 17.0. The fourth-order valence-electron chi connectivity index (χ4n) is 3.64. The van der Waals surface area contributed by atoms with Crippen molar-refractivity contribution in [3.05, 3.63) is 82.4 Å². The molecule has 3 aromatic rings. The van der Waals surface area contributed by atoms with Crippen LogP contribution in [0.25, 0.3) is 10.9 Å². The molecule has 0 spiro atoms. The van der Waals surface area contributed by atoms with Crippen LogP contribution in [0.4, 0.5) is 4.39 Å². The molecule has 0 bridgehead atoms. The lowest BCUT2D eigenvalue weighted by Crippen LogP contribution is -2.32. The molecule has 132 valence electrons. The monoisotopic (exact) mass is 350 g/mol. The Morgan fingerprint density at radius 3 is 2.65 bits per heavy atom. The summed E-state index contributed by atoms with van der Waals surface area (Å²) in [6.45, 7) is 1.54. The Kier molecular flexibility index (Phi) is 4.29. The van der Waals surface area contributed by atoms with Gasteiger partial charge in [0.2, 0.25) is 5.91 Å². The van der Waals surface area contributed by atoms with Crippen molar-refractivity contribution in [1.82, 2.24) is 9.47 Å². The van der Waals surface area contributed by atoms with E-state index in [1.807, 2.05) is 27.7 Å². The van der Waals surface area contributed by atoms with Crippen LogP contribution in [-0.4, -0.2) is 28.5 Å². The Bertz CT molecular complexity index is 1010. The largest absolute Gasteiger partial charge is 0.341 e. The van der Waals surface area contributed by atoms with Crippen molar-refractivity contribution in [2.45, 2.75) is 18.9 Å². The van der Waals surface area contributed by atoms with Crippen LogP contribution in [-0.2, 0) is 11.3 Å². The minimum Gasteiger partial charge on any atom is -0.341 e. The number of benzene rings is 2. The lowest BCUT2D eigenvalue weighted by Gasteiger charge is -2.18. The van der Waals surface area contributed by atoms with Gasteiger partial charge in [0, 0.05) is 36.7 Å². The zero-order chi connectivity index (χ0) is 18.1. The molecular weight excluding hydrogens is 331 g/mol. The zero-order valence-electron chi connectivity index (χ0n) is 14.3. The first kappa shape index (κ1) is 16.5. The summed E-state index contributed by atoms with van der Waals surface area (Å²) in [4.78, 5) is 26.6. The van der Waals surface area contributed by atoms with Gasteiger partial charge in [0.05, 0.1) is 5.52 Å². The molecule has 0 saturated carbocycles. The van der Waals surface area contributed by atoms with E-state index in [0.717, 1.165) is 17.5 Å². The van der Waals surface area contributed by atoms with E-state index < -0.39 is 0 Å². The van der Waals surface area contributed by atoms with Gasteiger partial charge in [-0.2, -0.15) is 0 Å². The van der Waals surface area contributed by atoms with Gasteiger partial charge >= 0.3 is 0 Å². The Morgan fingerprint density at radius 2 is 1.85 bits per heavy atom. The maximum Gasteiger partial charge on any atom is 0.242 e. The van der Waals surface area contributed by atoms with E-state index in [1.54, 1.807) is 24.4 Å². The molecule has 5 heteroatoms.